The highest BCUT2D eigenvalue weighted by molar-refractivity contribution is 7.19. The third-order valence-electron chi connectivity index (χ3n) is 9.09. The zero-order valence-corrected chi connectivity index (χ0v) is 25.7. The second kappa shape index (κ2) is 12.6. The van der Waals surface area contributed by atoms with Gasteiger partial charge < -0.3 is 15.3 Å². The number of pyridine rings is 2. The Morgan fingerprint density at radius 3 is 2.66 bits per heavy atom. The number of nitrogens with one attached hydrogen (secondary N) is 1. The second-order valence-electron chi connectivity index (χ2n) is 12.2. The highest BCUT2D eigenvalue weighted by Gasteiger charge is 2.38. The number of aryl methyl sites for hydroxylation is 1. The molecule has 1 saturated heterocycles. The first-order valence-corrected chi connectivity index (χ1v) is 16.0. The lowest BCUT2D eigenvalue weighted by Crippen LogP contribution is -2.38. The van der Waals surface area contributed by atoms with Gasteiger partial charge in [-0.3, -0.25) is 14.6 Å². The number of amides is 1. The molecule has 5 heterocycles. The number of nitrogens with zero attached hydrogens (tertiary/aromatic N) is 6. The van der Waals surface area contributed by atoms with Crippen molar-refractivity contribution in [3.05, 3.63) is 64.7 Å². The standard InChI is InChI=1S/C32H36FN7O3S/c1-19(2)32(33)10-5-25-23(16-32)15-27-29(38-25)44-30(39-27)28(41)37-26(9-14-40-12-7-20(8-13-40)31(42)43)21-3-4-24(34-17-21)22-6-11-35-36-18-22/h3-4,6,11,15,17-20,26H,5,7-10,12-14,16H2,1-2H3,(H,37,41)(H,42,43)/t26?,32-/m0/s1. The first-order valence-electron chi connectivity index (χ1n) is 15.2. The number of rotatable bonds is 9. The summed E-state index contributed by atoms with van der Waals surface area (Å²) in [5.74, 6) is -1.43. The van der Waals surface area contributed by atoms with Crippen molar-refractivity contribution in [2.24, 2.45) is 11.8 Å². The summed E-state index contributed by atoms with van der Waals surface area (Å²) in [6.45, 7) is 5.93. The molecule has 1 fully saturated rings. The van der Waals surface area contributed by atoms with Crippen LogP contribution in [0.3, 0.4) is 0 Å². The molecular formula is C32H36FN7O3S. The smallest absolute Gasteiger partial charge is 0.306 e. The third-order valence-corrected chi connectivity index (χ3v) is 10.1. The maximum absolute atomic E-state index is 15.4. The molecule has 230 valence electrons. The summed E-state index contributed by atoms with van der Waals surface area (Å²) < 4.78 is 15.4. The molecule has 4 aromatic rings. The van der Waals surface area contributed by atoms with Crippen LogP contribution in [0.4, 0.5) is 4.39 Å². The van der Waals surface area contributed by atoms with Crippen LogP contribution < -0.4 is 5.32 Å². The van der Waals surface area contributed by atoms with Crippen LogP contribution in [0.25, 0.3) is 21.6 Å². The Balaban J connectivity index is 1.21. The molecule has 0 radical (unpaired) electrons. The number of carboxylic acid groups (broad SMARTS) is 1. The molecule has 2 aliphatic rings. The van der Waals surface area contributed by atoms with Gasteiger partial charge in [-0.25, -0.2) is 14.4 Å². The van der Waals surface area contributed by atoms with Crippen LogP contribution in [0.1, 0.15) is 72.2 Å². The molecule has 1 unspecified atom stereocenters. The van der Waals surface area contributed by atoms with Crippen LogP contribution in [-0.4, -0.2) is 72.3 Å². The molecule has 1 amide bonds. The normalized spacial score (nSPS) is 20.0. The van der Waals surface area contributed by atoms with E-state index in [4.69, 9.17) is 4.98 Å². The number of hydrogen-bond acceptors (Lipinski definition) is 9. The molecule has 6 rings (SSSR count). The molecule has 10 nitrogen and oxygen atoms in total. The van der Waals surface area contributed by atoms with Crippen molar-refractivity contribution in [1.29, 1.82) is 0 Å². The number of carbonyl (C=O) groups excluding carboxylic acids is 1. The number of halogens is 1. The average molecular weight is 618 g/mol. The Hall–Kier alpha value is -3.90. The van der Waals surface area contributed by atoms with E-state index in [1.807, 2.05) is 38.1 Å². The summed E-state index contributed by atoms with van der Waals surface area (Å²) >= 11 is 1.25. The molecule has 2 atom stereocenters. The van der Waals surface area contributed by atoms with Crippen LogP contribution in [0.5, 0.6) is 0 Å². The van der Waals surface area contributed by atoms with Crippen LogP contribution in [-0.2, 0) is 17.6 Å². The number of aliphatic carboxylic acids is 1. The number of hydrogen-bond donors (Lipinski definition) is 2. The SMILES string of the molecule is CC(C)[C@]1(F)CCc2nc3sc(C(=O)NC(CCN4CCC(C(=O)O)CC4)c4ccc(-c5ccnnc5)nc4)nc3cc2C1. The topological polar surface area (TPSA) is 134 Å². The van der Waals surface area contributed by atoms with E-state index in [1.54, 1.807) is 18.6 Å². The van der Waals surface area contributed by atoms with Gasteiger partial charge in [-0.1, -0.05) is 31.3 Å². The zero-order valence-electron chi connectivity index (χ0n) is 24.9. The minimum Gasteiger partial charge on any atom is -0.481 e. The zero-order chi connectivity index (χ0) is 30.8. The summed E-state index contributed by atoms with van der Waals surface area (Å²) in [4.78, 5) is 41.9. The fourth-order valence-electron chi connectivity index (χ4n) is 6.11. The monoisotopic (exact) mass is 617 g/mol. The summed E-state index contributed by atoms with van der Waals surface area (Å²) in [6.07, 6.45) is 8.21. The summed E-state index contributed by atoms with van der Waals surface area (Å²) in [6, 6.07) is 7.25. The molecule has 12 heteroatoms. The Kier molecular flexibility index (Phi) is 8.64. The van der Waals surface area contributed by atoms with Crippen molar-refractivity contribution >= 4 is 33.6 Å². The number of likely N-dealkylation sites (tertiary alicyclic amines) is 1. The fraction of sp³-hybridized carbons (Fsp3) is 0.469. The molecule has 0 spiro atoms. The second-order valence-corrected chi connectivity index (χ2v) is 13.2. The van der Waals surface area contributed by atoms with E-state index in [9.17, 15) is 14.7 Å². The molecule has 0 saturated carbocycles. The Labute approximate surface area is 259 Å². The van der Waals surface area contributed by atoms with Crippen LogP contribution in [0, 0.1) is 11.8 Å². The van der Waals surface area contributed by atoms with E-state index >= 15 is 4.39 Å². The van der Waals surface area contributed by atoms with E-state index in [2.05, 4.69) is 30.4 Å². The van der Waals surface area contributed by atoms with E-state index < -0.39 is 11.6 Å². The molecule has 4 aromatic heterocycles. The van der Waals surface area contributed by atoms with Crippen molar-refractivity contribution in [1.82, 2.24) is 35.4 Å². The third kappa shape index (κ3) is 6.46. The lowest BCUT2D eigenvalue weighted by Gasteiger charge is -2.33. The number of carbonyl (C=O) groups is 2. The van der Waals surface area contributed by atoms with Gasteiger partial charge in [0.1, 0.15) is 16.0 Å². The lowest BCUT2D eigenvalue weighted by molar-refractivity contribution is -0.143. The fourth-order valence-corrected chi connectivity index (χ4v) is 6.96. The molecule has 2 N–H and O–H groups in total. The largest absolute Gasteiger partial charge is 0.481 e. The van der Waals surface area contributed by atoms with Crippen molar-refractivity contribution in [3.63, 3.8) is 0 Å². The minimum absolute atomic E-state index is 0.0893. The van der Waals surface area contributed by atoms with Crippen molar-refractivity contribution in [3.8, 4) is 11.3 Å². The van der Waals surface area contributed by atoms with Gasteiger partial charge in [0.2, 0.25) is 0 Å². The van der Waals surface area contributed by atoms with Crippen LogP contribution in [0.15, 0.2) is 42.9 Å². The lowest BCUT2D eigenvalue weighted by atomic mass is 9.77. The van der Waals surface area contributed by atoms with Crippen molar-refractivity contribution < 1.29 is 19.1 Å². The van der Waals surface area contributed by atoms with Crippen LogP contribution >= 0.6 is 11.3 Å². The first-order chi connectivity index (χ1) is 21.2. The van der Waals surface area contributed by atoms with E-state index in [0.717, 1.165) is 28.1 Å². The number of fused-ring (bicyclic) bond motifs is 2. The number of piperidine rings is 1. The molecule has 1 aliphatic carbocycles. The molecule has 0 aromatic carbocycles. The van der Waals surface area contributed by atoms with E-state index in [0.29, 0.717) is 73.5 Å². The highest BCUT2D eigenvalue weighted by Crippen LogP contribution is 2.38. The minimum atomic E-state index is -1.26. The molecular weight excluding hydrogens is 581 g/mol. The Morgan fingerprint density at radius 2 is 1.98 bits per heavy atom. The summed E-state index contributed by atoms with van der Waals surface area (Å²) in [5, 5.41) is 20.6. The van der Waals surface area contributed by atoms with Gasteiger partial charge in [-0.05, 0) is 80.4 Å². The average Bonchev–Trinajstić information content (AvgIpc) is 3.45. The van der Waals surface area contributed by atoms with Crippen molar-refractivity contribution in [2.45, 2.75) is 64.1 Å². The van der Waals surface area contributed by atoms with Gasteiger partial charge in [-0.2, -0.15) is 10.2 Å². The quantitative estimate of drug-likeness (QED) is 0.265. The Morgan fingerprint density at radius 1 is 1.16 bits per heavy atom. The van der Waals surface area contributed by atoms with Gasteiger partial charge in [0.05, 0.1) is 30.0 Å². The molecule has 0 bridgehead atoms. The highest BCUT2D eigenvalue weighted by atomic mass is 32.1. The van der Waals surface area contributed by atoms with Gasteiger partial charge in [-0.15, -0.1) is 0 Å². The number of alkyl halides is 1. The van der Waals surface area contributed by atoms with Crippen molar-refractivity contribution in [2.75, 3.05) is 19.6 Å². The van der Waals surface area contributed by atoms with Gasteiger partial charge in [0.25, 0.3) is 5.91 Å². The maximum atomic E-state index is 15.4. The molecule has 44 heavy (non-hydrogen) atoms. The predicted octanol–water partition coefficient (Wildman–Crippen LogP) is 5.05. The van der Waals surface area contributed by atoms with E-state index in [1.165, 1.54) is 11.3 Å². The summed E-state index contributed by atoms with van der Waals surface area (Å²) in [5.41, 5.74) is 3.57. The number of carboxylic acids is 1. The summed E-state index contributed by atoms with van der Waals surface area (Å²) in [7, 11) is 0. The number of thiazole rings is 1. The van der Waals surface area contributed by atoms with E-state index in [-0.39, 0.29) is 23.8 Å². The van der Waals surface area contributed by atoms with Gasteiger partial charge >= 0.3 is 5.97 Å². The molecule has 1 aliphatic heterocycles. The number of aromatic nitrogens is 5. The van der Waals surface area contributed by atoms with Gasteiger partial charge in [0, 0.05) is 30.4 Å². The maximum Gasteiger partial charge on any atom is 0.306 e. The van der Waals surface area contributed by atoms with Crippen LogP contribution in [0.2, 0.25) is 0 Å². The van der Waals surface area contributed by atoms with Gasteiger partial charge in [0.15, 0.2) is 5.01 Å². The first kappa shape index (κ1) is 30.1. The Bertz CT molecular complexity index is 1640. The predicted molar refractivity (Wildman–Crippen MR) is 165 cm³/mol.